The number of halogens is 2. The normalized spacial score (nSPS) is 16.2. The van der Waals surface area contributed by atoms with Gasteiger partial charge in [0, 0.05) is 10.9 Å². The second-order valence-electron chi connectivity index (χ2n) is 7.11. The first-order valence-electron chi connectivity index (χ1n) is 9.44. The fourth-order valence-corrected chi connectivity index (χ4v) is 3.52. The van der Waals surface area contributed by atoms with E-state index < -0.39 is 11.9 Å². The second-order valence-corrected chi connectivity index (χ2v) is 7.54. The number of benzene rings is 2. The van der Waals surface area contributed by atoms with Gasteiger partial charge in [-0.15, -0.1) is 0 Å². The van der Waals surface area contributed by atoms with E-state index in [1.807, 2.05) is 4.90 Å². The standard InChI is InChI=1S/C21H23ClFN3O3/c1-13(20(28)24-17-7-6-15(22)12-16(17)23)26-10-8-14(9-11-26)21(29)25-18-4-2-3-5-19(18)27/h2-7,12-14,27H,8-11H2,1H3,(H,24,28)(H,25,29)/t13-/m1/s1. The van der Waals surface area contributed by atoms with Gasteiger partial charge in [0.05, 0.1) is 17.4 Å². The van der Waals surface area contributed by atoms with Crippen LogP contribution in [0.4, 0.5) is 15.8 Å². The number of piperidine rings is 1. The molecule has 0 radical (unpaired) electrons. The van der Waals surface area contributed by atoms with Crippen molar-refractivity contribution in [3.8, 4) is 5.75 Å². The number of carbonyl (C=O) groups is 2. The van der Waals surface area contributed by atoms with Gasteiger partial charge in [0.25, 0.3) is 0 Å². The van der Waals surface area contributed by atoms with Crippen molar-refractivity contribution in [2.24, 2.45) is 5.92 Å². The first-order chi connectivity index (χ1) is 13.8. The fourth-order valence-electron chi connectivity index (χ4n) is 3.36. The molecule has 1 fully saturated rings. The van der Waals surface area contributed by atoms with Gasteiger partial charge in [-0.2, -0.15) is 0 Å². The molecule has 1 atom stereocenters. The molecule has 3 rings (SSSR count). The van der Waals surface area contributed by atoms with E-state index >= 15 is 0 Å². The minimum atomic E-state index is -0.586. The smallest absolute Gasteiger partial charge is 0.241 e. The Morgan fingerprint density at radius 3 is 2.48 bits per heavy atom. The lowest BCUT2D eigenvalue weighted by Gasteiger charge is -2.34. The van der Waals surface area contributed by atoms with E-state index in [4.69, 9.17) is 11.6 Å². The summed E-state index contributed by atoms with van der Waals surface area (Å²) in [5, 5.41) is 15.4. The predicted octanol–water partition coefficient (Wildman–Crippen LogP) is 3.86. The number of aromatic hydroxyl groups is 1. The Kier molecular flexibility index (Phi) is 6.71. The molecule has 29 heavy (non-hydrogen) atoms. The lowest BCUT2D eigenvalue weighted by atomic mass is 9.94. The molecule has 1 aliphatic rings. The van der Waals surface area contributed by atoms with Crippen molar-refractivity contribution < 1.29 is 19.1 Å². The van der Waals surface area contributed by atoms with Gasteiger partial charge in [-0.1, -0.05) is 23.7 Å². The molecule has 0 bridgehead atoms. The van der Waals surface area contributed by atoms with E-state index in [9.17, 15) is 19.1 Å². The average molecular weight is 420 g/mol. The number of carbonyl (C=O) groups excluding carboxylic acids is 2. The van der Waals surface area contributed by atoms with E-state index in [-0.39, 0.29) is 34.2 Å². The summed E-state index contributed by atoms with van der Waals surface area (Å²) >= 11 is 5.73. The van der Waals surface area contributed by atoms with Crippen LogP contribution in [0.3, 0.4) is 0 Å². The molecule has 154 valence electrons. The molecule has 0 spiro atoms. The van der Waals surface area contributed by atoms with Gasteiger partial charge in [-0.05, 0) is 63.2 Å². The van der Waals surface area contributed by atoms with Crippen molar-refractivity contribution in [3.05, 3.63) is 53.3 Å². The number of amides is 2. The summed E-state index contributed by atoms with van der Waals surface area (Å²) in [5.74, 6) is -1.22. The summed E-state index contributed by atoms with van der Waals surface area (Å²) in [6.07, 6.45) is 1.18. The number of nitrogens with one attached hydrogen (secondary N) is 2. The molecule has 3 N–H and O–H groups in total. The Balaban J connectivity index is 1.52. The number of anilines is 2. The molecule has 2 aromatic carbocycles. The van der Waals surface area contributed by atoms with Crippen LogP contribution in [0.25, 0.3) is 0 Å². The molecule has 1 aliphatic heterocycles. The van der Waals surface area contributed by atoms with Crippen LogP contribution in [0.5, 0.6) is 5.75 Å². The minimum Gasteiger partial charge on any atom is -0.506 e. The molecule has 1 saturated heterocycles. The van der Waals surface area contributed by atoms with E-state index in [1.54, 1.807) is 25.1 Å². The molecule has 8 heteroatoms. The number of nitrogens with zero attached hydrogens (tertiary/aromatic N) is 1. The second kappa shape index (κ2) is 9.24. The molecular formula is C21H23ClFN3O3. The number of phenols is 1. The fraction of sp³-hybridized carbons (Fsp3) is 0.333. The summed E-state index contributed by atoms with van der Waals surface area (Å²) in [6.45, 7) is 2.89. The van der Waals surface area contributed by atoms with Crippen LogP contribution in [0.1, 0.15) is 19.8 Å². The number of likely N-dealkylation sites (tertiary alicyclic amines) is 1. The zero-order chi connectivity index (χ0) is 21.0. The highest BCUT2D eigenvalue weighted by molar-refractivity contribution is 6.30. The largest absolute Gasteiger partial charge is 0.506 e. The lowest BCUT2D eigenvalue weighted by molar-refractivity contribution is -0.123. The van der Waals surface area contributed by atoms with Crippen molar-refractivity contribution in [3.63, 3.8) is 0 Å². The van der Waals surface area contributed by atoms with Gasteiger partial charge < -0.3 is 15.7 Å². The van der Waals surface area contributed by atoms with Crippen molar-refractivity contribution in [1.29, 1.82) is 0 Å². The number of phenolic OH excluding ortho intramolecular Hbond substituents is 1. The third-order valence-electron chi connectivity index (χ3n) is 5.18. The van der Waals surface area contributed by atoms with Gasteiger partial charge in [0.2, 0.25) is 11.8 Å². The number of para-hydroxylation sites is 2. The molecule has 0 unspecified atom stereocenters. The molecule has 0 aliphatic carbocycles. The summed E-state index contributed by atoms with van der Waals surface area (Å²) in [7, 11) is 0. The van der Waals surface area contributed by atoms with E-state index in [0.717, 1.165) is 6.07 Å². The average Bonchev–Trinajstić information content (AvgIpc) is 2.71. The van der Waals surface area contributed by atoms with E-state index in [0.29, 0.717) is 31.6 Å². The highest BCUT2D eigenvalue weighted by Gasteiger charge is 2.30. The quantitative estimate of drug-likeness (QED) is 0.643. The number of hydrogen-bond donors (Lipinski definition) is 3. The van der Waals surface area contributed by atoms with Crippen molar-refractivity contribution in [2.75, 3.05) is 23.7 Å². The first-order valence-corrected chi connectivity index (χ1v) is 9.82. The molecule has 2 aromatic rings. The topological polar surface area (TPSA) is 81.7 Å². The molecule has 1 heterocycles. The summed E-state index contributed by atoms with van der Waals surface area (Å²) < 4.78 is 13.9. The lowest BCUT2D eigenvalue weighted by Crippen LogP contribution is -2.47. The highest BCUT2D eigenvalue weighted by atomic mass is 35.5. The monoisotopic (exact) mass is 419 g/mol. The zero-order valence-electron chi connectivity index (χ0n) is 16.0. The molecule has 2 amide bonds. The molecule has 6 nitrogen and oxygen atoms in total. The Bertz CT molecular complexity index is 900. The van der Waals surface area contributed by atoms with Crippen LogP contribution in [-0.2, 0) is 9.59 Å². The van der Waals surface area contributed by atoms with Gasteiger partial charge >= 0.3 is 0 Å². The third kappa shape index (κ3) is 5.25. The number of hydrogen-bond acceptors (Lipinski definition) is 4. The van der Waals surface area contributed by atoms with Gasteiger partial charge in [0.15, 0.2) is 0 Å². The predicted molar refractivity (Wildman–Crippen MR) is 111 cm³/mol. The summed E-state index contributed by atoms with van der Waals surface area (Å²) in [5.41, 5.74) is 0.473. The Hall–Kier alpha value is -2.64. The summed E-state index contributed by atoms with van der Waals surface area (Å²) in [4.78, 5) is 26.9. The molecule has 0 saturated carbocycles. The van der Waals surface area contributed by atoms with E-state index in [1.165, 1.54) is 18.2 Å². The third-order valence-corrected chi connectivity index (χ3v) is 5.41. The highest BCUT2D eigenvalue weighted by Crippen LogP contribution is 2.26. The van der Waals surface area contributed by atoms with Gasteiger partial charge in [-0.25, -0.2) is 4.39 Å². The van der Waals surface area contributed by atoms with Crippen LogP contribution >= 0.6 is 11.6 Å². The van der Waals surface area contributed by atoms with Crippen LogP contribution in [0, 0.1) is 11.7 Å². The maximum absolute atomic E-state index is 13.9. The van der Waals surface area contributed by atoms with Crippen LogP contribution in [0.2, 0.25) is 5.02 Å². The zero-order valence-corrected chi connectivity index (χ0v) is 16.7. The van der Waals surface area contributed by atoms with E-state index in [2.05, 4.69) is 10.6 Å². The van der Waals surface area contributed by atoms with Crippen molar-refractivity contribution in [1.82, 2.24) is 4.90 Å². The first kappa shape index (κ1) is 21.1. The Morgan fingerprint density at radius 1 is 1.14 bits per heavy atom. The molecule has 0 aromatic heterocycles. The van der Waals surface area contributed by atoms with Gasteiger partial charge in [0.1, 0.15) is 11.6 Å². The molecular weight excluding hydrogens is 397 g/mol. The Labute approximate surface area is 173 Å². The summed E-state index contributed by atoms with van der Waals surface area (Å²) in [6, 6.07) is 10.2. The Morgan fingerprint density at radius 2 is 1.83 bits per heavy atom. The number of rotatable bonds is 5. The van der Waals surface area contributed by atoms with Crippen molar-refractivity contribution in [2.45, 2.75) is 25.8 Å². The maximum Gasteiger partial charge on any atom is 0.241 e. The maximum atomic E-state index is 13.9. The van der Waals surface area contributed by atoms with Crippen LogP contribution < -0.4 is 10.6 Å². The minimum absolute atomic E-state index is 0.0259. The van der Waals surface area contributed by atoms with Crippen LogP contribution in [-0.4, -0.2) is 41.0 Å². The van der Waals surface area contributed by atoms with Crippen LogP contribution in [0.15, 0.2) is 42.5 Å². The van der Waals surface area contributed by atoms with Gasteiger partial charge in [-0.3, -0.25) is 14.5 Å². The SMILES string of the molecule is C[C@H](C(=O)Nc1ccc(Cl)cc1F)N1CCC(C(=O)Nc2ccccc2O)CC1. The van der Waals surface area contributed by atoms with Crippen molar-refractivity contribution >= 4 is 34.8 Å².